The van der Waals surface area contributed by atoms with Crippen LogP contribution in [0.1, 0.15) is 29.7 Å². The number of carbonyl (C=O) groups is 1. The molecule has 1 aliphatic rings. The van der Waals surface area contributed by atoms with Crippen molar-refractivity contribution >= 4 is 29.1 Å². The van der Waals surface area contributed by atoms with Crippen molar-refractivity contribution in [2.45, 2.75) is 13.0 Å². The number of methoxy groups -OCH3 is 2. The molecule has 0 spiro atoms. The number of fused-ring (bicyclic) bond motifs is 1. The Morgan fingerprint density at radius 1 is 1.05 bits per heavy atom. The summed E-state index contributed by atoms with van der Waals surface area (Å²) in [6, 6.07) is 20.7. The van der Waals surface area contributed by atoms with Crippen molar-refractivity contribution in [2.75, 3.05) is 20.8 Å². The van der Waals surface area contributed by atoms with Gasteiger partial charge >= 0.3 is 5.97 Å². The van der Waals surface area contributed by atoms with E-state index in [0.717, 1.165) is 5.56 Å². The van der Waals surface area contributed by atoms with Crippen LogP contribution >= 0.6 is 11.3 Å². The highest BCUT2D eigenvalue weighted by atomic mass is 32.1. The van der Waals surface area contributed by atoms with E-state index in [2.05, 4.69) is 0 Å². The van der Waals surface area contributed by atoms with E-state index in [9.17, 15) is 14.7 Å². The van der Waals surface area contributed by atoms with Crippen LogP contribution in [-0.4, -0.2) is 36.5 Å². The number of phenols is 1. The summed E-state index contributed by atoms with van der Waals surface area (Å²) in [5.41, 5.74) is 2.48. The lowest BCUT2D eigenvalue weighted by atomic mass is 9.93. The average molecular weight is 543 g/mol. The van der Waals surface area contributed by atoms with Gasteiger partial charge in [-0.3, -0.25) is 9.36 Å². The lowest BCUT2D eigenvalue weighted by molar-refractivity contribution is -0.138. The fourth-order valence-electron chi connectivity index (χ4n) is 4.50. The Balaban J connectivity index is 1.82. The third-order valence-corrected chi connectivity index (χ3v) is 7.27. The van der Waals surface area contributed by atoms with Crippen molar-refractivity contribution in [1.82, 2.24) is 4.57 Å². The number of hydrogen-bond donors (Lipinski definition) is 1. The molecule has 0 unspecified atom stereocenters. The van der Waals surface area contributed by atoms with Crippen LogP contribution in [0, 0.1) is 0 Å². The number of aromatic nitrogens is 1. The van der Waals surface area contributed by atoms with Gasteiger partial charge in [-0.1, -0.05) is 59.9 Å². The van der Waals surface area contributed by atoms with Crippen molar-refractivity contribution in [1.29, 1.82) is 0 Å². The number of carbonyl (C=O) groups excluding carboxylic acids is 1. The number of benzene rings is 3. The highest BCUT2D eigenvalue weighted by Gasteiger charge is 2.35. The minimum atomic E-state index is -0.804. The van der Waals surface area contributed by atoms with Crippen LogP contribution in [0.25, 0.3) is 11.8 Å². The van der Waals surface area contributed by atoms with Crippen LogP contribution < -0.4 is 24.4 Å². The monoisotopic (exact) mass is 542 g/mol. The van der Waals surface area contributed by atoms with E-state index in [-0.39, 0.29) is 23.5 Å². The molecule has 4 aromatic rings. The largest absolute Gasteiger partial charge is 0.504 e. The van der Waals surface area contributed by atoms with E-state index in [1.807, 2.05) is 42.5 Å². The van der Waals surface area contributed by atoms with E-state index >= 15 is 0 Å². The highest BCUT2D eigenvalue weighted by Crippen LogP contribution is 2.36. The number of phenolic OH excluding ortho intramolecular Hbond substituents is 1. The first-order valence-corrected chi connectivity index (χ1v) is 13.1. The van der Waals surface area contributed by atoms with E-state index in [1.54, 1.807) is 44.4 Å². The molecular weight excluding hydrogens is 516 g/mol. The number of rotatable bonds is 7. The Hall–Kier alpha value is -4.63. The van der Waals surface area contributed by atoms with Gasteiger partial charge in [-0.25, -0.2) is 9.79 Å². The molecule has 0 amide bonds. The van der Waals surface area contributed by atoms with E-state index < -0.39 is 12.0 Å². The van der Waals surface area contributed by atoms with Crippen LogP contribution in [0.5, 0.6) is 17.2 Å². The number of thiazole rings is 1. The quantitative estimate of drug-likeness (QED) is 0.358. The van der Waals surface area contributed by atoms with Gasteiger partial charge < -0.3 is 19.3 Å². The molecule has 3 aromatic carbocycles. The summed E-state index contributed by atoms with van der Waals surface area (Å²) in [5, 5.41) is 9.98. The van der Waals surface area contributed by atoms with E-state index in [0.29, 0.717) is 37.7 Å². The normalized spacial score (nSPS) is 14.9. The molecule has 39 heavy (non-hydrogen) atoms. The second kappa shape index (κ2) is 11.0. The van der Waals surface area contributed by atoms with Gasteiger partial charge in [0, 0.05) is 5.56 Å². The molecule has 8 nitrogen and oxygen atoms in total. The fraction of sp³-hybridized carbons (Fsp3) is 0.167. The molecule has 0 fully saturated rings. The Bertz CT molecular complexity index is 1750. The fourth-order valence-corrected chi connectivity index (χ4v) is 5.50. The van der Waals surface area contributed by atoms with Gasteiger partial charge in [0.1, 0.15) is 5.75 Å². The predicted octanol–water partition coefficient (Wildman–Crippen LogP) is 3.66. The number of nitrogens with zero attached hydrogens (tertiary/aromatic N) is 2. The lowest BCUT2D eigenvalue weighted by Gasteiger charge is -2.26. The lowest BCUT2D eigenvalue weighted by Crippen LogP contribution is -2.40. The van der Waals surface area contributed by atoms with E-state index in [4.69, 9.17) is 19.2 Å². The molecule has 2 heterocycles. The molecule has 0 aliphatic carbocycles. The summed E-state index contributed by atoms with van der Waals surface area (Å²) in [4.78, 5) is 32.7. The summed E-state index contributed by atoms with van der Waals surface area (Å²) in [7, 11) is 3.02. The molecule has 9 heteroatoms. The molecule has 1 aromatic heterocycles. The second-order valence-corrected chi connectivity index (χ2v) is 9.65. The average Bonchev–Trinajstić information content (AvgIpc) is 3.27. The number of ether oxygens (including phenoxy) is 3. The van der Waals surface area contributed by atoms with Crippen molar-refractivity contribution < 1.29 is 24.1 Å². The SMILES string of the molecule is CCOC(=O)C1=C(c2ccccc2)N=c2s/c(=C/c3ccc(O)c(OC)c3)c(=O)n2[C@H]1c1cccc(OC)c1. The van der Waals surface area contributed by atoms with Crippen molar-refractivity contribution in [3.8, 4) is 17.2 Å². The van der Waals surface area contributed by atoms with Gasteiger partial charge in [0.05, 0.1) is 42.7 Å². The van der Waals surface area contributed by atoms with Gasteiger partial charge in [-0.15, -0.1) is 0 Å². The van der Waals surface area contributed by atoms with Crippen LogP contribution in [0.3, 0.4) is 0 Å². The molecule has 1 atom stereocenters. The predicted molar refractivity (Wildman–Crippen MR) is 149 cm³/mol. The molecule has 0 bridgehead atoms. The molecule has 0 saturated carbocycles. The maximum Gasteiger partial charge on any atom is 0.338 e. The van der Waals surface area contributed by atoms with Crippen LogP contribution in [-0.2, 0) is 9.53 Å². The Kier molecular flexibility index (Phi) is 7.33. The van der Waals surface area contributed by atoms with Crippen LogP contribution in [0.15, 0.2) is 88.2 Å². The van der Waals surface area contributed by atoms with Crippen molar-refractivity contribution in [3.05, 3.63) is 115 Å². The zero-order valence-electron chi connectivity index (χ0n) is 21.6. The number of esters is 1. The zero-order valence-corrected chi connectivity index (χ0v) is 22.4. The summed E-state index contributed by atoms with van der Waals surface area (Å²) >= 11 is 1.22. The number of hydrogen-bond acceptors (Lipinski definition) is 8. The molecule has 0 saturated heterocycles. The van der Waals surface area contributed by atoms with Gasteiger partial charge in [-0.05, 0) is 48.4 Å². The zero-order chi connectivity index (χ0) is 27.5. The van der Waals surface area contributed by atoms with Gasteiger partial charge in [0.25, 0.3) is 5.56 Å². The van der Waals surface area contributed by atoms with Gasteiger partial charge in [-0.2, -0.15) is 0 Å². The minimum Gasteiger partial charge on any atom is -0.504 e. The first-order valence-electron chi connectivity index (χ1n) is 12.2. The topological polar surface area (TPSA) is 99.4 Å². The highest BCUT2D eigenvalue weighted by molar-refractivity contribution is 7.07. The van der Waals surface area contributed by atoms with Crippen molar-refractivity contribution in [2.24, 2.45) is 4.99 Å². The van der Waals surface area contributed by atoms with Gasteiger partial charge in [0.15, 0.2) is 16.3 Å². The van der Waals surface area contributed by atoms with Gasteiger partial charge in [0.2, 0.25) is 0 Å². The Labute approximate surface area is 228 Å². The molecular formula is C30H26N2O6S. The summed E-state index contributed by atoms with van der Waals surface area (Å²) in [6.07, 6.45) is 1.71. The molecule has 0 radical (unpaired) electrons. The Morgan fingerprint density at radius 2 is 1.85 bits per heavy atom. The minimum absolute atomic E-state index is 0.000663. The van der Waals surface area contributed by atoms with Crippen molar-refractivity contribution in [3.63, 3.8) is 0 Å². The summed E-state index contributed by atoms with van der Waals surface area (Å²) < 4.78 is 18.1. The van der Waals surface area contributed by atoms with Crippen LogP contribution in [0.2, 0.25) is 0 Å². The summed E-state index contributed by atoms with van der Waals surface area (Å²) in [6.45, 7) is 1.91. The maximum atomic E-state index is 13.9. The number of aromatic hydroxyl groups is 1. The molecule has 5 rings (SSSR count). The van der Waals surface area contributed by atoms with E-state index in [1.165, 1.54) is 29.1 Å². The van der Waals surface area contributed by atoms with Crippen LogP contribution in [0.4, 0.5) is 0 Å². The maximum absolute atomic E-state index is 13.9. The Morgan fingerprint density at radius 3 is 2.56 bits per heavy atom. The smallest absolute Gasteiger partial charge is 0.338 e. The first-order chi connectivity index (χ1) is 18.9. The summed E-state index contributed by atoms with van der Waals surface area (Å²) in [5.74, 6) is 0.334. The standard InChI is InChI=1S/C30H26N2O6S/c1-4-38-29(35)25-26(19-9-6-5-7-10-19)31-30-32(27(25)20-11-8-12-21(17-20)36-2)28(34)24(39-30)16-18-13-14-22(33)23(15-18)37-3/h5-17,27,33H,4H2,1-3H3/b24-16+/t27-/m0/s1. The second-order valence-electron chi connectivity index (χ2n) is 8.64. The first kappa shape index (κ1) is 26.0. The molecule has 198 valence electrons. The molecule has 1 N–H and O–H groups in total. The third kappa shape index (κ3) is 4.96. The molecule has 1 aliphatic heterocycles. The third-order valence-electron chi connectivity index (χ3n) is 6.28.